The van der Waals surface area contributed by atoms with E-state index in [1.54, 1.807) is 11.3 Å². The van der Waals surface area contributed by atoms with E-state index in [9.17, 15) is 0 Å². The third-order valence-electron chi connectivity index (χ3n) is 4.38. The van der Waals surface area contributed by atoms with Crippen molar-refractivity contribution in [2.24, 2.45) is 10.7 Å². The molecule has 0 saturated carbocycles. The van der Waals surface area contributed by atoms with Crippen LogP contribution >= 0.6 is 35.3 Å². The average Bonchev–Trinajstić information content (AvgIpc) is 3.23. The first-order chi connectivity index (χ1) is 12.8. The maximum Gasteiger partial charge on any atom is 0.191 e. The van der Waals surface area contributed by atoms with E-state index in [1.807, 2.05) is 29.8 Å². The molecule has 1 aliphatic heterocycles. The van der Waals surface area contributed by atoms with Crippen LogP contribution < -0.4 is 10.6 Å². The number of guanidine groups is 1. The molecular formula is C19H28IN5OS. The second-order valence-corrected chi connectivity index (χ2v) is 7.15. The van der Waals surface area contributed by atoms with Crippen molar-refractivity contribution in [3.8, 4) is 0 Å². The van der Waals surface area contributed by atoms with Crippen molar-refractivity contribution in [1.82, 2.24) is 9.88 Å². The molecule has 3 rings (SSSR count). The lowest BCUT2D eigenvalue weighted by Gasteiger charge is -2.35. The van der Waals surface area contributed by atoms with Gasteiger partial charge in [0, 0.05) is 50.9 Å². The molecular weight excluding hydrogens is 473 g/mol. The standard InChI is InChI=1S/C19H27N5OS.HI/c20-18(23-10-12-24(13-11-23)19-22-9-15-26-19)21-8-4-5-14-25-16-17-6-2-1-3-7-17;/h1-3,6-7,9,15H,4-5,8,10-14,16H2,(H2,20,21);1H. The maximum absolute atomic E-state index is 6.14. The highest BCUT2D eigenvalue weighted by atomic mass is 127. The Hall–Kier alpha value is -1.39. The minimum Gasteiger partial charge on any atom is -0.377 e. The second kappa shape index (κ2) is 12.1. The fourth-order valence-electron chi connectivity index (χ4n) is 2.87. The summed E-state index contributed by atoms with van der Waals surface area (Å²) in [5.41, 5.74) is 7.36. The number of ether oxygens (including phenoxy) is 1. The number of halogens is 1. The number of rotatable bonds is 8. The monoisotopic (exact) mass is 501 g/mol. The molecule has 1 aromatic heterocycles. The van der Waals surface area contributed by atoms with Crippen molar-refractivity contribution in [1.29, 1.82) is 0 Å². The summed E-state index contributed by atoms with van der Waals surface area (Å²) in [5, 5.41) is 3.11. The van der Waals surface area contributed by atoms with Crippen LogP contribution in [-0.2, 0) is 11.3 Å². The van der Waals surface area contributed by atoms with Gasteiger partial charge in [-0.05, 0) is 18.4 Å². The number of thiazole rings is 1. The molecule has 1 aromatic carbocycles. The Bertz CT molecular complexity index is 660. The van der Waals surface area contributed by atoms with Crippen LogP contribution in [0.3, 0.4) is 0 Å². The number of aliphatic imine (C=N–C) groups is 1. The minimum atomic E-state index is 0. The summed E-state index contributed by atoms with van der Waals surface area (Å²) in [6, 6.07) is 10.3. The molecule has 27 heavy (non-hydrogen) atoms. The lowest BCUT2D eigenvalue weighted by atomic mass is 10.2. The van der Waals surface area contributed by atoms with Gasteiger partial charge in [-0.15, -0.1) is 35.3 Å². The number of aromatic nitrogens is 1. The third-order valence-corrected chi connectivity index (χ3v) is 5.21. The average molecular weight is 501 g/mol. The Morgan fingerprint density at radius 2 is 1.93 bits per heavy atom. The summed E-state index contributed by atoms with van der Waals surface area (Å²) in [7, 11) is 0. The van der Waals surface area contributed by atoms with Gasteiger partial charge in [0.1, 0.15) is 0 Å². The Labute approximate surface area is 182 Å². The van der Waals surface area contributed by atoms with E-state index < -0.39 is 0 Å². The van der Waals surface area contributed by atoms with Gasteiger partial charge in [-0.2, -0.15) is 0 Å². The maximum atomic E-state index is 6.14. The summed E-state index contributed by atoms with van der Waals surface area (Å²) < 4.78 is 5.69. The number of benzene rings is 1. The van der Waals surface area contributed by atoms with Crippen LogP contribution in [0.5, 0.6) is 0 Å². The number of unbranched alkanes of at least 4 members (excludes halogenated alkanes) is 1. The van der Waals surface area contributed by atoms with Crippen LogP contribution in [0, 0.1) is 0 Å². The van der Waals surface area contributed by atoms with Gasteiger partial charge in [0.15, 0.2) is 11.1 Å². The van der Waals surface area contributed by atoms with Gasteiger partial charge in [-0.1, -0.05) is 30.3 Å². The molecule has 0 unspecified atom stereocenters. The first kappa shape index (κ1) is 21.9. The molecule has 0 aliphatic carbocycles. The van der Waals surface area contributed by atoms with Gasteiger partial charge in [-0.25, -0.2) is 4.98 Å². The lowest BCUT2D eigenvalue weighted by Crippen LogP contribution is -2.51. The molecule has 0 radical (unpaired) electrons. The van der Waals surface area contributed by atoms with Gasteiger partial charge in [0.05, 0.1) is 6.61 Å². The van der Waals surface area contributed by atoms with E-state index in [0.29, 0.717) is 12.6 Å². The summed E-state index contributed by atoms with van der Waals surface area (Å²) in [6.45, 7) is 5.87. The fourth-order valence-corrected chi connectivity index (χ4v) is 3.57. The number of anilines is 1. The highest BCUT2D eigenvalue weighted by Crippen LogP contribution is 2.18. The predicted molar refractivity (Wildman–Crippen MR) is 123 cm³/mol. The largest absolute Gasteiger partial charge is 0.377 e. The summed E-state index contributed by atoms with van der Waals surface area (Å²) in [4.78, 5) is 13.4. The number of hydrogen-bond donors (Lipinski definition) is 1. The SMILES string of the molecule is I.NC(=NCCCCOCc1ccccc1)N1CCN(c2nccs2)CC1. The molecule has 0 bridgehead atoms. The van der Waals surface area contributed by atoms with Crippen molar-refractivity contribution in [3.05, 3.63) is 47.5 Å². The molecule has 2 N–H and O–H groups in total. The molecule has 1 fully saturated rings. The molecule has 8 heteroatoms. The Kier molecular flexibility index (Phi) is 9.85. The highest BCUT2D eigenvalue weighted by Gasteiger charge is 2.19. The molecule has 0 atom stereocenters. The normalized spacial score (nSPS) is 14.9. The molecule has 148 valence electrons. The number of hydrogen-bond acceptors (Lipinski definition) is 5. The van der Waals surface area contributed by atoms with Crippen LogP contribution in [0.2, 0.25) is 0 Å². The highest BCUT2D eigenvalue weighted by molar-refractivity contribution is 14.0. The fraction of sp³-hybridized carbons (Fsp3) is 0.474. The van der Waals surface area contributed by atoms with Crippen LogP contribution in [0.25, 0.3) is 0 Å². The van der Waals surface area contributed by atoms with E-state index in [-0.39, 0.29) is 24.0 Å². The zero-order valence-electron chi connectivity index (χ0n) is 15.5. The first-order valence-corrected chi connectivity index (χ1v) is 10.0. The van der Waals surface area contributed by atoms with E-state index in [4.69, 9.17) is 10.5 Å². The molecule has 2 aromatic rings. The van der Waals surface area contributed by atoms with Gasteiger partial charge in [0.25, 0.3) is 0 Å². The predicted octanol–water partition coefficient (Wildman–Crippen LogP) is 3.19. The van der Waals surface area contributed by atoms with Gasteiger partial charge in [-0.3, -0.25) is 4.99 Å². The van der Waals surface area contributed by atoms with Crippen molar-refractivity contribution in [2.75, 3.05) is 44.2 Å². The molecule has 2 heterocycles. The van der Waals surface area contributed by atoms with Crippen LogP contribution in [-0.4, -0.2) is 55.2 Å². The Balaban J connectivity index is 0.00000261. The van der Waals surface area contributed by atoms with Crippen LogP contribution in [0.15, 0.2) is 46.9 Å². The van der Waals surface area contributed by atoms with Crippen molar-refractivity contribution < 1.29 is 4.74 Å². The smallest absolute Gasteiger partial charge is 0.191 e. The Morgan fingerprint density at radius 3 is 2.63 bits per heavy atom. The topological polar surface area (TPSA) is 67.0 Å². The number of nitrogens with zero attached hydrogens (tertiary/aromatic N) is 4. The van der Waals surface area contributed by atoms with Crippen LogP contribution in [0.4, 0.5) is 5.13 Å². The Morgan fingerprint density at radius 1 is 1.15 bits per heavy atom. The molecule has 1 saturated heterocycles. The minimum absolute atomic E-state index is 0. The van der Waals surface area contributed by atoms with Crippen LogP contribution in [0.1, 0.15) is 18.4 Å². The zero-order chi connectivity index (χ0) is 18.0. The molecule has 6 nitrogen and oxygen atoms in total. The van der Waals surface area contributed by atoms with Crippen molar-refractivity contribution in [3.63, 3.8) is 0 Å². The van der Waals surface area contributed by atoms with Gasteiger partial charge in [0.2, 0.25) is 0 Å². The summed E-state index contributed by atoms with van der Waals surface area (Å²) in [6.07, 6.45) is 3.85. The van der Waals surface area contributed by atoms with Crippen molar-refractivity contribution >= 4 is 46.4 Å². The first-order valence-electron chi connectivity index (χ1n) is 9.14. The molecule has 1 aliphatic rings. The summed E-state index contributed by atoms with van der Waals surface area (Å²) >= 11 is 1.68. The zero-order valence-corrected chi connectivity index (χ0v) is 18.6. The van der Waals surface area contributed by atoms with Gasteiger partial charge >= 0.3 is 0 Å². The second-order valence-electron chi connectivity index (χ2n) is 6.27. The molecule has 0 spiro atoms. The quantitative estimate of drug-likeness (QED) is 0.261. The third kappa shape index (κ3) is 7.27. The van der Waals surface area contributed by atoms with E-state index in [2.05, 4.69) is 31.9 Å². The van der Waals surface area contributed by atoms with E-state index in [1.165, 1.54) is 5.56 Å². The lowest BCUT2D eigenvalue weighted by molar-refractivity contribution is 0.117. The van der Waals surface area contributed by atoms with Crippen molar-refractivity contribution in [2.45, 2.75) is 19.4 Å². The van der Waals surface area contributed by atoms with Gasteiger partial charge < -0.3 is 20.3 Å². The van der Waals surface area contributed by atoms with E-state index >= 15 is 0 Å². The number of piperazine rings is 1. The summed E-state index contributed by atoms with van der Waals surface area (Å²) in [5.74, 6) is 0.661. The number of nitrogens with two attached hydrogens (primary N) is 1. The van der Waals surface area contributed by atoms with E-state index in [0.717, 1.165) is 57.3 Å². The molecule has 0 amide bonds.